The van der Waals surface area contributed by atoms with Gasteiger partial charge in [0.25, 0.3) is 5.91 Å². The Morgan fingerprint density at radius 2 is 1.90 bits per heavy atom. The smallest absolute Gasteiger partial charge is 0.257 e. The summed E-state index contributed by atoms with van der Waals surface area (Å²) in [7, 11) is 0. The molecule has 1 aromatic carbocycles. The number of carbonyl (C=O) groups excluding carboxylic acids is 1. The minimum atomic E-state index is -0.458. The molecule has 1 aliphatic carbocycles. The summed E-state index contributed by atoms with van der Waals surface area (Å²) in [6, 6.07) is 3.19. The van der Waals surface area contributed by atoms with Gasteiger partial charge < -0.3 is 10.6 Å². The van der Waals surface area contributed by atoms with Crippen LogP contribution in [0.15, 0.2) is 24.4 Å². The highest BCUT2D eigenvalue weighted by molar-refractivity contribution is 5.95. The van der Waals surface area contributed by atoms with Crippen LogP contribution in [0.25, 0.3) is 0 Å². The molecule has 2 aliphatic rings. The highest BCUT2D eigenvalue weighted by Gasteiger charge is 2.29. The van der Waals surface area contributed by atoms with Crippen molar-refractivity contribution in [3.05, 3.63) is 58.7 Å². The summed E-state index contributed by atoms with van der Waals surface area (Å²) in [5.41, 5.74) is 7.93. The molecule has 0 bridgehead atoms. The van der Waals surface area contributed by atoms with Crippen molar-refractivity contribution in [2.24, 2.45) is 11.7 Å². The Morgan fingerprint density at radius 3 is 2.58 bits per heavy atom. The van der Waals surface area contributed by atoms with E-state index in [0.717, 1.165) is 49.3 Å². The zero-order valence-corrected chi connectivity index (χ0v) is 18.0. The lowest BCUT2D eigenvalue weighted by Crippen LogP contribution is -2.44. The molecular formula is C24H30F2N4O. The lowest BCUT2D eigenvalue weighted by atomic mass is 9.86. The van der Waals surface area contributed by atoms with Gasteiger partial charge in [-0.15, -0.1) is 0 Å². The third-order valence-electron chi connectivity index (χ3n) is 6.84. The van der Waals surface area contributed by atoms with Crippen molar-refractivity contribution in [2.75, 3.05) is 13.1 Å². The molecule has 166 valence electrons. The van der Waals surface area contributed by atoms with Crippen molar-refractivity contribution < 1.29 is 13.6 Å². The molecule has 2 heterocycles. The first-order chi connectivity index (χ1) is 14.9. The zero-order valence-electron chi connectivity index (χ0n) is 18.0. The number of nitrogens with two attached hydrogens (primary N) is 1. The van der Waals surface area contributed by atoms with Crippen LogP contribution >= 0.6 is 0 Å². The number of aryl methyl sites for hydroxylation is 1. The van der Waals surface area contributed by atoms with Crippen LogP contribution in [0.3, 0.4) is 0 Å². The normalized spacial score (nSPS) is 19.0. The summed E-state index contributed by atoms with van der Waals surface area (Å²) in [6.07, 6.45) is 8.14. The number of piperidine rings is 1. The molecule has 1 saturated carbocycles. The molecule has 7 heteroatoms. The van der Waals surface area contributed by atoms with Crippen molar-refractivity contribution in [3.63, 3.8) is 0 Å². The number of carbonyl (C=O) groups is 1. The van der Waals surface area contributed by atoms with Crippen LogP contribution in [-0.2, 0) is 6.42 Å². The molecule has 5 nitrogen and oxygen atoms in total. The van der Waals surface area contributed by atoms with Gasteiger partial charge in [-0.2, -0.15) is 0 Å². The van der Waals surface area contributed by atoms with E-state index in [1.807, 2.05) is 11.8 Å². The maximum Gasteiger partial charge on any atom is 0.257 e. The van der Waals surface area contributed by atoms with E-state index in [4.69, 9.17) is 5.73 Å². The molecular weight excluding hydrogens is 398 g/mol. The molecule has 0 unspecified atom stereocenters. The van der Waals surface area contributed by atoms with Gasteiger partial charge in [0, 0.05) is 31.2 Å². The van der Waals surface area contributed by atoms with E-state index in [9.17, 15) is 13.6 Å². The van der Waals surface area contributed by atoms with Crippen molar-refractivity contribution in [1.29, 1.82) is 0 Å². The minimum Gasteiger partial charge on any atom is -0.339 e. The van der Waals surface area contributed by atoms with Gasteiger partial charge >= 0.3 is 0 Å². The fraction of sp³-hybridized carbons (Fsp3) is 0.542. The van der Waals surface area contributed by atoms with Gasteiger partial charge in [-0.1, -0.05) is 12.8 Å². The van der Waals surface area contributed by atoms with Gasteiger partial charge in [0.2, 0.25) is 0 Å². The molecule has 2 N–H and O–H groups in total. The SMILES string of the molecule is Cc1nc(C2CCCC2)ncc1C(=O)N1CCC([C@H](N)Cc2cc(F)ccc2F)CC1. The summed E-state index contributed by atoms with van der Waals surface area (Å²) in [5, 5.41) is 0. The first kappa shape index (κ1) is 21.8. The molecule has 1 amide bonds. The van der Waals surface area contributed by atoms with Gasteiger partial charge in [0.1, 0.15) is 17.5 Å². The molecule has 1 aliphatic heterocycles. The van der Waals surface area contributed by atoms with E-state index in [2.05, 4.69) is 9.97 Å². The standard InChI is InChI=1S/C24H30F2N4O/c1-15-20(14-28-23(29-15)17-4-2-3-5-17)24(31)30-10-8-16(9-11-30)22(27)13-18-12-19(25)6-7-21(18)26/h6-7,12,14,16-17,22H,2-5,8-11,13,27H2,1H3/t22-/m1/s1. The molecule has 0 spiro atoms. The summed E-state index contributed by atoms with van der Waals surface area (Å²) < 4.78 is 27.4. The second kappa shape index (κ2) is 9.39. The zero-order chi connectivity index (χ0) is 22.0. The van der Waals surface area contributed by atoms with Crippen molar-refractivity contribution in [2.45, 2.75) is 63.8 Å². The van der Waals surface area contributed by atoms with E-state index >= 15 is 0 Å². The Kier molecular flexibility index (Phi) is 6.60. The molecule has 0 radical (unpaired) electrons. The largest absolute Gasteiger partial charge is 0.339 e. The highest BCUT2D eigenvalue weighted by atomic mass is 19.1. The van der Waals surface area contributed by atoms with Gasteiger partial charge in [-0.25, -0.2) is 18.7 Å². The summed E-state index contributed by atoms with van der Waals surface area (Å²) in [5.74, 6) is 0.512. The fourth-order valence-electron chi connectivity index (χ4n) is 4.90. The molecule has 2 aromatic rings. The maximum atomic E-state index is 13.9. The summed E-state index contributed by atoms with van der Waals surface area (Å²) in [4.78, 5) is 24.0. The van der Waals surface area contributed by atoms with Crippen LogP contribution in [0.4, 0.5) is 8.78 Å². The number of rotatable bonds is 5. The van der Waals surface area contributed by atoms with E-state index < -0.39 is 11.6 Å². The Labute approximate surface area is 182 Å². The van der Waals surface area contributed by atoms with E-state index in [1.165, 1.54) is 18.9 Å². The Bertz CT molecular complexity index is 937. The van der Waals surface area contributed by atoms with Gasteiger partial charge in [-0.3, -0.25) is 4.79 Å². The Hall–Kier alpha value is -2.41. The number of benzene rings is 1. The molecule has 4 rings (SSSR count). The predicted molar refractivity (Wildman–Crippen MR) is 115 cm³/mol. The second-order valence-corrected chi connectivity index (χ2v) is 8.94. The second-order valence-electron chi connectivity index (χ2n) is 8.94. The third kappa shape index (κ3) is 4.92. The van der Waals surface area contributed by atoms with Crippen molar-refractivity contribution >= 4 is 5.91 Å². The van der Waals surface area contributed by atoms with Gasteiger partial charge in [-0.05, 0) is 68.7 Å². The van der Waals surface area contributed by atoms with Crippen LogP contribution in [-0.4, -0.2) is 39.9 Å². The molecule has 2 fully saturated rings. The van der Waals surface area contributed by atoms with Crippen LogP contribution in [0.5, 0.6) is 0 Å². The molecule has 1 atom stereocenters. The van der Waals surface area contributed by atoms with Crippen LogP contribution in [0.1, 0.15) is 71.9 Å². The van der Waals surface area contributed by atoms with E-state index in [1.54, 1.807) is 6.20 Å². The number of aromatic nitrogens is 2. The lowest BCUT2D eigenvalue weighted by molar-refractivity contribution is 0.0676. The van der Waals surface area contributed by atoms with Gasteiger partial charge in [0.05, 0.1) is 11.3 Å². The highest BCUT2D eigenvalue weighted by Crippen LogP contribution is 2.32. The quantitative estimate of drug-likeness (QED) is 0.777. The number of amides is 1. The Morgan fingerprint density at radius 1 is 1.19 bits per heavy atom. The first-order valence-corrected chi connectivity index (χ1v) is 11.2. The monoisotopic (exact) mass is 428 g/mol. The van der Waals surface area contributed by atoms with Crippen LogP contribution in [0.2, 0.25) is 0 Å². The van der Waals surface area contributed by atoms with Crippen molar-refractivity contribution in [3.8, 4) is 0 Å². The predicted octanol–water partition coefficient (Wildman–Crippen LogP) is 4.14. The van der Waals surface area contributed by atoms with E-state index in [-0.39, 0.29) is 24.3 Å². The number of nitrogens with zero attached hydrogens (tertiary/aromatic N) is 3. The lowest BCUT2D eigenvalue weighted by Gasteiger charge is -2.35. The topological polar surface area (TPSA) is 72.1 Å². The average Bonchev–Trinajstić information content (AvgIpc) is 3.31. The molecule has 1 aromatic heterocycles. The van der Waals surface area contributed by atoms with Crippen LogP contribution in [0, 0.1) is 24.5 Å². The third-order valence-corrected chi connectivity index (χ3v) is 6.84. The van der Waals surface area contributed by atoms with Crippen molar-refractivity contribution in [1.82, 2.24) is 14.9 Å². The number of hydrogen-bond donors (Lipinski definition) is 1. The fourth-order valence-corrected chi connectivity index (χ4v) is 4.90. The van der Waals surface area contributed by atoms with Crippen LogP contribution < -0.4 is 5.73 Å². The summed E-state index contributed by atoms with van der Waals surface area (Å²) in [6.45, 7) is 3.06. The van der Waals surface area contributed by atoms with E-state index in [0.29, 0.717) is 30.1 Å². The molecule has 31 heavy (non-hydrogen) atoms. The summed E-state index contributed by atoms with van der Waals surface area (Å²) >= 11 is 0. The number of likely N-dealkylation sites (tertiary alicyclic amines) is 1. The van der Waals surface area contributed by atoms with Gasteiger partial charge in [0.15, 0.2) is 0 Å². The maximum absolute atomic E-state index is 13.9. The average molecular weight is 429 g/mol. The Balaban J connectivity index is 1.35. The minimum absolute atomic E-state index is 0.0429. The number of halogens is 2. The molecule has 1 saturated heterocycles. The first-order valence-electron chi connectivity index (χ1n) is 11.2. The number of hydrogen-bond acceptors (Lipinski definition) is 4.